The highest BCUT2D eigenvalue weighted by Gasteiger charge is 2.22. The van der Waals surface area contributed by atoms with Crippen molar-refractivity contribution < 1.29 is 0 Å². The summed E-state index contributed by atoms with van der Waals surface area (Å²) in [5.74, 6) is 1.63. The lowest BCUT2D eigenvalue weighted by Gasteiger charge is -2.29. The van der Waals surface area contributed by atoms with E-state index in [1.165, 1.54) is 25.7 Å². The maximum Gasteiger partial charge on any atom is 0.224 e. The van der Waals surface area contributed by atoms with E-state index in [4.69, 9.17) is 0 Å². The number of hydrogen-bond donors (Lipinski definition) is 2. The van der Waals surface area contributed by atoms with Gasteiger partial charge < -0.3 is 10.6 Å². The Morgan fingerprint density at radius 1 is 1.19 bits per heavy atom. The molecule has 0 radical (unpaired) electrons. The van der Waals surface area contributed by atoms with Gasteiger partial charge in [-0.1, -0.05) is 18.6 Å². The van der Waals surface area contributed by atoms with Crippen LogP contribution in [0.1, 0.15) is 25.7 Å². The van der Waals surface area contributed by atoms with Crippen molar-refractivity contribution in [2.75, 3.05) is 23.9 Å². The van der Waals surface area contributed by atoms with Crippen LogP contribution in [0.5, 0.6) is 0 Å². The van der Waals surface area contributed by atoms with Crippen LogP contribution in [0, 0.1) is 0 Å². The minimum atomic E-state index is 0.513. The van der Waals surface area contributed by atoms with Crippen LogP contribution in [-0.4, -0.2) is 34.6 Å². The molecule has 2 atom stereocenters. The molecule has 1 heterocycles. The molecule has 1 aliphatic carbocycles. The van der Waals surface area contributed by atoms with Gasteiger partial charge in [0.25, 0.3) is 0 Å². The number of hydrogen-bond acceptors (Lipinski definition) is 5. The fourth-order valence-corrected chi connectivity index (χ4v) is 3.81. The number of thioether (sulfide) groups is 1. The molecule has 2 unspecified atom stereocenters. The molecule has 1 aromatic heterocycles. The van der Waals surface area contributed by atoms with Crippen LogP contribution in [-0.2, 0) is 0 Å². The summed E-state index contributed by atoms with van der Waals surface area (Å²) in [7, 11) is 1.86. The van der Waals surface area contributed by atoms with E-state index in [1.54, 1.807) is 0 Å². The normalized spacial score (nSPS) is 22.2. The Morgan fingerprint density at radius 2 is 2.05 bits per heavy atom. The van der Waals surface area contributed by atoms with Crippen molar-refractivity contribution in [2.45, 2.75) is 37.0 Å². The van der Waals surface area contributed by atoms with Gasteiger partial charge in [0, 0.05) is 23.7 Å². The Balaban J connectivity index is 1.88. The number of para-hydroxylation sites is 1. The molecule has 0 bridgehead atoms. The average Bonchev–Trinajstić information content (AvgIpc) is 2.55. The van der Waals surface area contributed by atoms with Crippen molar-refractivity contribution in [1.82, 2.24) is 9.97 Å². The second kappa shape index (κ2) is 6.52. The van der Waals surface area contributed by atoms with E-state index in [-0.39, 0.29) is 0 Å². The predicted molar refractivity (Wildman–Crippen MR) is 92.3 cm³/mol. The van der Waals surface area contributed by atoms with Gasteiger partial charge in [0.15, 0.2) is 0 Å². The van der Waals surface area contributed by atoms with E-state index in [0.717, 1.165) is 22.0 Å². The van der Waals surface area contributed by atoms with Gasteiger partial charge in [-0.2, -0.15) is 16.7 Å². The largest absolute Gasteiger partial charge is 0.367 e. The fraction of sp³-hybridized carbons (Fsp3) is 0.500. The van der Waals surface area contributed by atoms with Gasteiger partial charge in [-0.25, -0.2) is 4.98 Å². The average molecular weight is 302 g/mol. The minimum absolute atomic E-state index is 0.513. The van der Waals surface area contributed by atoms with Gasteiger partial charge in [-0.05, 0) is 37.7 Å². The Labute approximate surface area is 130 Å². The highest BCUT2D eigenvalue weighted by molar-refractivity contribution is 7.99. The number of benzene rings is 1. The van der Waals surface area contributed by atoms with Gasteiger partial charge in [-0.15, -0.1) is 0 Å². The molecular formula is C16H22N4S. The first-order valence-electron chi connectivity index (χ1n) is 7.54. The maximum atomic E-state index is 4.62. The van der Waals surface area contributed by atoms with Crippen LogP contribution in [0.4, 0.5) is 11.8 Å². The monoisotopic (exact) mass is 302 g/mol. The molecule has 3 rings (SSSR count). The minimum Gasteiger partial charge on any atom is -0.367 e. The van der Waals surface area contributed by atoms with Crippen LogP contribution >= 0.6 is 11.8 Å². The summed E-state index contributed by atoms with van der Waals surface area (Å²) in [6.45, 7) is 0. The highest BCUT2D eigenvalue weighted by atomic mass is 32.2. The Morgan fingerprint density at radius 3 is 2.86 bits per heavy atom. The lowest BCUT2D eigenvalue weighted by atomic mass is 9.95. The number of rotatable bonds is 4. The van der Waals surface area contributed by atoms with E-state index < -0.39 is 0 Å². The molecule has 0 aliphatic heterocycles. The molecule has 5 heteroatoms. The Kier molecular flexibility index (Phi) is 4.48. The third kappa shape index (κ3) is 3.23. The van der Waals surface area contributed by atoms with Crippen molar-refractivity contribution in [3.05, 3.63) is 24.3 Å². The van der Waals surface area contributed by atoms with E-state index in [2.05, 4.69) is 32.9 Å². The summed E-state index contributed by atoms with van der Waals surface area (Å²) in [5.41, 5.74) is 0.983. The lowest BCUT2D eigenvalue weighted by molar-refractivity contribution is 0.473. The molecule has 2 N–H and O–H groups in total. The summed E-state index contributed by atoms with van der Waals surface area (Å²) in [4.78, 5) is 9.14. The smallest absolute Gasteiger partial charge is 0.224 e. The van der Waals surface area contributed by atoms with Crippen LogP contribution in [0.15, 0.2) is 24.3 Å². The molecule has 1 saturated carbocycles. The van der Waals surface area contributed by atoms with E-state index in [1.807, 2.05) is 37.0 Å². The summed E-state index contributed by atoms with van der Waals surface area (Å²) in [5, 5.41) is 8.58. The van der Waals surface area contributed by atoms with Crippen molar-refractivity contribution in [1.29, 1.82) is 0 Å². The predicted octanol–water partition coefficient (Wildman–Crippen LogP) is 3.76. The second-order valence-corrected chi connectivity index (χ2v) is 6.67. The molecule has 0 saturated heterocycles. The highest BCUT2D eigenvalue weighted by Crippen LogP contribution is 2.30. The molecule has 1 aromatic carbocycles. The SMILES string of the molecule is CNc1nc(NC2CCCC(SC)C2)c2ccccc2n1. The molecular weight excluding hydrogens is 280 g/mol. The van der Waals surface area contributed by atoms with Crippen molar-refractivity contribution in [3.63, 3.8) is 0 Å². The third-order valence-corrected chi connectivity index (χ3v) is 5.22. The van der Waals surface area contributed by atoms with Crippen LogP contribution in [0.25, 0.3) is 10.9 Å². The zero-order chi connectivity index (χ0) is 14.7. The summed E-state index contributed by atoms with van der Waals surface area (Å²) in [6.07, 6.45) is 7.29. The quantitative estimate of drug-likeness (QED) is 0.900. The molecule has 4 nitrogen and oxygen atoms in total. The van der Waals surface area contributed by atoms with E-state index >= 15 is 0 Å². The first-order valence-corrected chi connectivity index (χ1v) is 8.83. The van der Waals surface area contributed by atoms with Gasteiger partial charge in [0.05, 0.1) is 5.52 Å². The summed E-state index contributed by atoms with van der Waals surface area (Å²) < 4.78 is 0. The van der Waals surface area contributed by atoms with Crippen molar-refractivity contribution >= 4 is 34.4 Å². The molecule has 0 spiro atoms. The number of aromatic nitrogens is 2. The van der Waals surface area contributed by atoms with Gasteiger partial charge >= 0.3 is 0 Å². The maximum absolute atomic E-state index is 4.62. The first kappa shape index (κ1) is 14.4. The molecule has 1 fully saturated rings. The second-order valence-electron chi connectivity index (χ2n) is 5.53. The number of nitrogens with one attached hydrogen (secondary N) is 2. The Bertz CT molecular complexity index is 616. The van der Waals surface area contributed by atoms with Gasteiger partial charge in [0.2, 0.25) is 5.95 Å². The van der Waals surface area contributed by atoms with Crippen LogP contribution < -0.4 is 10.6 Å². The molecule has 0 amide bonds. The fourth-order valence-electron chi connectivity index (χ4n) is 2.98. The van der Waals surface area contributed by atoms with Crippen molar-refractivity contribution in [2.24, 2.45) is 0 Å². The standard InChI is InChI=1S/C16H22N4S/c1-17-16-19-14-9-4-3-8-13(14)15(20-16)18-11-6-5-7-12(10-11)21-2/h3-4,8-9,11-12H,5-7,10H2,1-2H3,(H2,17,18,19,20). The number of nitrogens with zero attached hydrogens (tertiary/aromatic N) is 2. The van der Waals surface area contributed by atoms with E-state index in [9.17, 15) is 0 Å². The zero-order valence-corrected chi connectivity index (χ0v) is 13.4. The van der Waals surface area contributed by atoms with Gasteiger partial charge in [-0.3, -0.25) is 0 Å². The zero-order valence-electron chi connectivity index (χ0n) is 12.6. The number of anilines is 2. The van der Waals surface area contributed by atoms with Gasteiger partial charge in [0.1, 0.15) is 5.82 Å². The molecule has 21 heavy (non-hydrogen) atoms. The summed E-state index contributed by atoms with van der Waals surface area (Å²) in [6, 6.07) is 8.70. The summed E-state index contributed by atoms with van der Waals surface area (Å²) >= 11 is 1.99. The Hall–Kier alpha value is -1.49. The molecule has 112 valence electrons. The van der Waals surface area contributed by atoms with Crippen LogP contribution in [0.2, 0.25) is 0 Å². The molecule has 2 aromatic rings. The van der Waals surface area contributed by atoms with Crippen molar-refractivity contribution in [3.8, 4) is 0 Å². The topological polar surface area (TPSA) is 49.8 Å². The first-order chi connectivity index (χ1) is 10.3. The van der Waals surface area contributed by atoms with E-state index in [0.29, 0.717) is 12.0 Å². The number of fused-ring (bicyclic) bond motifs is 1. The van der Waals surface area contributed by atoms with Crippen LogP contribution in [0.3, 0.4) is 0 Å². The lowest BCUT2D eigenvalue weighted by Crippen LogP contribution is -2.29. The third-order valence-electron chi connectivity index (χ3n) is 4.13. The molecule has 1 aliphatic rings.